The predicted octanol–water partition coefficient (Wildman–Crippen LogP) is 3.64. The lowest BCUT2D eigenvalue weighted by molar-refractivity contribution is -0.114. The van der Waals surface area contributed by atoms with Gasteiger partial charge in [0.05, 0.1) is 16.9 Å². The average Bonchev–Trinajstić information content (AvgIpc) is 2.66. The minimum absolute atomic E-state index is 0.149. The van der Waals surface area contributed by atoms with Crippen molar-refractivity contribution in [2.75, 3.05) is 23.9 Å². The van der Waals surface area contributed by atoms with Crippen LogP contribution in [0.15, 0.2) is 64.8 Å². The van der Waals surface area contributed by atoms with Crippen LogP contribution in [0.5, 0.6) is 0 Å². The highest BCUT2D eigenvalue weighted by Crippen LogP contribution is 2.40. The summed E-state index contributed by atoms with van der Waals surface area (Å²) in [6.07, 6.45) is 1.57. The quantitative estimate of drug-likeness (QED) is 0.776. The molecule has 2 aromatic carbocycles. The predicted molar refractivity (Wildman–Crippen MR) is 101 cm³/mol. The van der Waals surface area contributed by atoms with E-state index in [0.717, 1.165) is 21.5 Å². The Morgan fingerprint density at radius 1 is 1.12 bits per heavy atom. The third-order valence-electron chi connectivity index (χ3n) is 3.87. The normalized spacial score (nSPS) is 16.2. The smallest absolute Gasteiger partial charge is 0.268 e. The van der Waals surface area contributed by atoms with Gasteiger partial charge in [-0.1, -0.05) is 34.1 Å². The Bertz CT molecular complexity index is 832. The van der Waals surface area contributed by atoms with E-state index in [1.807, 2.05) is 48.5 Å². The molecular formula is C18H17BrN4O. The summed E-state index contributed by atoms with van der Waals surface area (Å²) in [5.41, 5.74) is 2.58. The SMILES string of the molecule is CN/C=C1\C(=N)N(C)c2ccc(Br)cc2N(c2ccccc2)C1=O. The molecule has 1 amide bonds. The van der Waals surface area contributed by atoms with Crippen LogP contribution < -0.4 is 15.1 Å². The van der Waals surface area contributed by atoms with Crippen molar-refractivity contribution in [1.29, 1.82) is 5.41 Å². The van der Waals surface area contributed by atoms with Crippen molar-refractivity contribution in [2.24, 2.45) is 0 Å². The van der Waals surface area contributed by atoms with E-state index in [1.165, 1.54) is 0 Å². The standard InChI is InChI=1S/C18H17BrN4O/c1-21-11-14-17(20)22(2)15-9-8-12(19)10-16(15)23(18(14)24)13-6-4-3-5-7-13/h3-11,20-21H,1-2H3/b14-11+,20-17?. The first-order valence-corrected chi connectivity index (χ1v) is 8.23. The molecule has 0 unspecified atom stereocenters. The zero-order valence-corrected chi connectivity index (χ0v) is 15.0. The first kappa shape index (κ1) is 16.3. The molecule has 0 saturated carbocycles. The highest BCUT2D eigenvalue weighted by atomic mass is 79.9. The topological polar surface area (TPSA) is 59.4 Å². The minimum Gasteiger partial charge on any atom is -0.393 e. The van der Waals surface area contributed by atoms with Crippen LogP contribution >= 0.6 is 15.9 Å². The number of carbonyl (C=O) groups is 1. The number of anilines is 3. The summed E-state index contributed by atoms with van der Waals surface area (Å²) in [6, 6.07) is 15.2. The Balaban J connectivity index is 2.30. The third kappa shape index (κ3) is 2.69. The van der Waals surface area contributed by atoms with E-state index in [1.54, 1.807) is 30.1 Å². The van der Waals surface area contributed by atoms with E-state index in [9.17, 15) is 4.79 Å². The molecule has 0 radical (unpaired) electrons. The van der Waals surface area contributed by atoms with Crippen molar-refractivity contribution >= 4 is 44.7 Å². The average molecular weight is 385 g/mol. The second-order valence-corrected chi connectivity index (χ2v) is 6.28. The van der Waals surface area contributed by atoms with E-state index in [-0.39, 0.29) is 11.7 Å². The molecule has 0 aromatic heterocycles. The molecule has 0 spiro atoms. The lowest BCUT2D eigenvalue weighted by atomic mass is 10.2. The number of nitrogens with one attached hydrogen (secondary N) is 2. The van der Waals surface area contributed by atoms with Gasteiger partial charge >= 0.3 is 0 Å². The molecule has 3 rings (SSSR count). The van der Waals surface area contributed by atoms with E-state index in [2.05, 4.69) is 21.2 Å². The van der Waals surface area contributed by atoms with Gasteiger partial charge in [0, 0.05) is 30.5 Å². The molecule has 0 fully saturated rings. The van der Waals surface area contributed by atoms with Crippen LogP contribution in [0.25, 0.3) is 0 Å². The summed E-state index contributed by atoms with van der Waals surface area (Å²) < 4.78 is 0.871. The molecule has 0 aliphatic carbocycles. The molecule has 6 heteroatoms. The zero-order valence-electron chi connectivity index (χ0n) is 13.4. The number of hydrogen-bond donors (Lipinski definition) is 2. The number of amidine groups is 1. The van der Waals surface area contributed by atoms with Crippen molar-refractivity contribution in [2.45, 2.75) is 0 Å². The van der Waals surface area contributed by atoms with Gasteiger partial charge in [-0.3, -0.25) is 15.1 Å². The highest BCUT2D eigenvalue weighted by Gasteiger charge is 2.33. The van der Waals surface area contributed by atoms with Crippen LogP contribution in [0.3, 0.4) is 0 Å². The number of fused-ring (bicyclic) bond motifs is 1. The number of carbonyl (C=O) groups excluding carboxylic acids is 1. The molecule has 24 heavy (non-hydrogen) atoms. The van der Waals surface area contributed by atoms with Crippen LogP contribution in [0, 0.1) is 5.41 Å². The number of halogens is 1. The van der Waals surface area contributed by atoms with E-state index >= 15 is 0 Å². The Morgan fingerprint density at radius 2 is 1.83 bits per heavy atom. The molecule has 122 valence electrons. The summed E-state index contributed by atoms with van der Waals surface area (Å²) in [4.78, 5) is 16.6. The van der Waals surface area contributed by atoms with Gasteiger partial charge < -0.3 is 10.2 Å². The molecule has 2 N–H and O–H groups in total. The van der Waals surface area contributed by atoms with Crippen molar-refractivity contribution in [3.8, 4) is 0 Å². The molecular weight excluding hydrogens is 368 g/mol. The summed E-state index contributed by atoms with van der Waals surface area (Å²) in [5.74, 6) is -0.0967. The number of nitrogens with zero attached hydrogens (tertiary/aromatic N) is 2. The maximum Gasteiger partial charge on any atom is 0.268 e. The number of para-hydroxylation sites is 1. The molecule has 5 nitrogen and oxygen atoms in total. The zero-order chi connectivity index (χ0) is 17.3. The van der Waals surface area contributed by atoms with E-state index in [0.29, 0.717) is 5.57 Å². The fourth-order valence-electron chi connectivity index (χ4n) is 2.70. The molecule has 0 saturated heterocycles. The fourth-order valence-corrected chi connectivity index (χ4v) is 3.05. The monoisotopic (exact) mass is 384 g/mol. The van der Waals surface area contributed by atoms with Crippen LogP contribution in [0.1, 0.15) is 0 Å². The Hall–Kier alpha value is -2.60. The van der Waals surface area contributed by atoms with Gasteiger partial charge in [-0.15, -0.1) is 0 Å². The first-order chi connectivity index (χ1) is 11.5. The van der Waals surface area contributed by atoms with E-state index < -0.39 is 0 Å². The van der Waals surface area contributed by atoms with Gasteiger partial charge in [0.1, 0.15) is 5.84 Å². The van der Waals surface area contributed by atoms with Crippen molar-refractivity contribution < 1.29 is 4.79 Å². The number of hydrogen-bond acceptors (Lipinski definition) is 3. The van der Waals surface area contributed by atoms with Crippen LogP contribution in [-0.2, 0) is 4.79 Å². The van der Waals surface area contributed by atoms with Gasteiger partial charge in [0.2, 0.25) is 0 Å². The Morgan fingerprint density at radius 3 is 2.50 bits per heavy atom. The molecule has 1 aliphatic heterocycles. The van der Waals surface area contributed by atoms with Gasteiger partial charge in [-0.2, -0.15) is 0 Å². The van der Waals surface area contributed by atoms with Gasteiger partial charge in [0.25, 0.3) is 5.91 Å². The van der Waals surface area contributed by atoms with Crippen LogP contribution in [-0.4, -0.2) is 25.8 Å². The number of benzene rings is 2. The number of rotatable bonds is 2. The fraction of sp³-hybridized carbons (Fsp3) is 0.111. The molecule has 0 bridgehead atoms. The third-order valence-corrected chi connectivity index (χ3v) is 4.36. The lowest BCUT2D eigenvalue weighted by Crippen LogP contribution is -2.32. The van der Waals surface area contributed by atoms with E-state index in [4.69, 9.17) is 5.41 Å². The second kappa shape index (κ2) is 6.49. The maximum atomic E-state index is 13.2. The largest absolute Gasteiger partial charge is 0.393 e. The van der Waals surface area contributed by atoms with Crippen LogP contribution in [0.2, 0.25) is 0 Å². The summed E-state index contributed by atoms with van der Waals surface area (Å²) >= 11 is 3.48. The number of amides is 1. The summed E-state index contributed by atoms with van der Waals surface area (Å²) in [6.45, 7) is 0. The summed E-state index contributed by atoms with van der Waals surface area (Å²) in [7, 11) is 3.51. The maximum absolute atomic E-state index is 13.2. The van der Waals surface area contributed by atoms with Crippen molar-refractivity contribution in [3.63, 3.8) is 0 Å². The Kier molecular flexibility index (Phi) is 4.40. The first-order valence-electron chi connectivity index (χ1n) is 7.43. The van der Waals surface area contributed by atoms with Gasteiger partial charge in [-0.05, 0) is 30.3 Å². The van der Waals surface area contributed by atoms with Gasteiger partial charge in [0.15, 0.2) is 0 Å². The minimum atomic E-state index is -0.246. The Labute approximate surface area is 149 Å². The van der Waals surface area contributed by atoms with Crippen molar-refractivity contribution in [1.82, 2.24) is 5.32 Å². The molecule has 1 heterocycles. The molecule has 2 aromatic rings. The second-order valence-electron chi connectivity index (χ2n) is 5.36. The van der Waals surface area contributed by atoms with Gasteiger partial charge in [-0.25, -0.2) is 0 Å². The lowest BCUT2D eigenvalue weighted by Gasteiger charge is -2.24. The molecule has 0 atom stereocenters. The van der Waals surface area contributed by atoms with Crippen LogP contribution in [0.4, 0.5) is 17.1 Å². The molecule has 1 aliphatic rings. The van der Waals surface area contributed by atoms with Crippen molar-refractivity contribution in [3.05, 3.63) is 64.8 Å². The summed E-state index contributed by atoms with van der Waals surface area (Å²) in [5, 5.41) is 11.3. The number of likely N-dealkylation sites (N-methyl/N-ethyl adjacent to an activating group) is 1. The highest BCUT2D eigenvalue weighted by molar-refractivity contribution is 9.10.